The molecule has 3 aromatic rings. The highest BCUT2D eigenvalue weighted by molar-refractivity contribution is 6.31. The van der Waals surface area contributed by atoms with Gasteiger partial charge in [0.15, 0.2) is 5.82 Å². The summed E-state index contributed by atoms with van der Waals surface area (Å²) in [6.07, 6.45) is 2.28. The van der Waals surface area contributed by atoms with E-state index in [9.17, 15) is 18.8 Å². The number of benzene rings is 2. The summed E-state index contributed by atoms with van der Waals surface area (Å²) in [7, 11) is 0. The number of nitrogens with two attached hydrogens (primary N) is 1. The number of nitrogens with zero attached hydrogens (tertiary/aromatic N) is 3. The highest BCUT2D eigenvalue weighted by atomic mass is 35.5. The maximum Gasteiger partial charge on any atom is 0.418 e. The molecule has 204 valence electrons. The summed E-state index contributed by atoms with van der Waals surface area (Å²) >= 11 is 6.43. The average molecular weight is 559 g/mol. The van der Waals surface area contributed by atoms with E-state index in [2.05, 4.69) is 32.6 Å². The minimum Gasteiger partial charge on any atom is -0.383 e. The number of anilines is 2. The smallest absolute Gasteiger partial charge is 0.383 e. The number of halogens is 4. The number of amides is 1. The molecule has 0 aliphatic carbocycles. The van der Waals surface area contributed by atoms with E-state index in [0.29, 0.717) is 28.2 Å². The second-order valence-corrected chi connectivity index (χ2v) is 10.5. The van der Waals surface area contributed by atoms with Crippen LogP contribution in [0, 0.1) is 22.6 Å². The van der Waals surface area contributed by atoms with Gasteiger partial charge in [0.25, 0.3) is 0 Å². The molecule has 1 atom stereocenters. The summed E-state index contributed by atoms with van der Waals surface area (Å²) in [6, 6.07) is 6.63. The molecular formula is C26H26ClF3N8O. The number of aromatic nitrogens is 1. The summed E-state index contributed by atoms with van der Waals surface area (Å²) < 4.78 is 43.8. The summed E-state index contributed by atoms with van der Waals surface area (Å²) in [6.45, 7) is 6.53. The van der Waals surface area contributed by atoms with E-state index in [1.165, 1.54) is 12.3 Å². The molecule has 9 nitrogen and oxygen atoms in total. The molecule has 13 heteroatoms. The van der Waals surface area contributed by atoms with E-state index in [1.54, 1.807) is 30.3 Å². The Hall–Kier alpha value is -4.21. The Bertz CT molecular complexity index is 1500. The van der Waals surface area contributed by atoms with Gasteiger partial charge in [0, 0.05) is 35.0 Å². The molecule has 0 bridgehead atoms. The number of alkyl halides is 2. The van der Waals surface area contributed by atoms with Gasteiger partial charge in [0.05, 0.1) is 23.0 Å². The lowest BCUT2D eigenvalue weighted by atomic mass is 9.96. The lowest BCUT2D eigenvalue weighted by molar-refractivity contribution is -0.174. The number of hydrazine groups is 2. The van der Waals surface area contributed by atoms with Crippen molar-refractivity contribution in [2.24, 2.45) is 11.1 Å². The van der Waals surface area contributed by atoms with Crippen molar-refractivity contribution in [1.29, 1.82) is 5.26 Å². The molecule has 1 amide bonds. The van der Waals surface area contributed by atoms with Crippen LogP contribution in [-0.4, -0.2) is 28.5 Å². The zero-order chi connectivity index (χ0) is 28.5. The third-order valence-electron chi connectivity index (χ3n) is 5.87. The number of nitrogens with one attached hydrogen (secondary N) is 4. The first kappa shape index (κ1) is 27.8. The molecule has 6 N–H and O–H groups in total. The van der Waals surface area contributed by atoms with E-state index < -0.39 is 23.8 Å². The van der Waals surface area contributed by atoms with E-state index >= 15 is 4.39 Å². The summed E-state index contributed by atoms with van der Waals surface area (Å²) in [4.78, 5) is 15.4. The zero-order valence-corrected chi connectivity index (χ0v) is 22.0. The Morgan fingerprint density at radius 3 is 2.64 bits per heavy atom. The quantitative estimate of drug-likeness (QED) is 0.250. The van der Waals surface area contributed by atoms with E-state index in [1.807, 2.05) is 20.8 Å². The Morgan fingerprint density at radius 2 is 2.00 bits per heavy atom. The van der Waals surface area contributed by atoms with E-state index in [0.717, 1.165) is 6.20 Å². The Balaban J connectivity index is 1.81. The lowest BCUT2D eigenvalue weighted by Crippen LogP contribution is -2.54. The van der Waals surface area contributed by atoms with Gasteiger partial charge in [-0.15, -0.1) is 5.53 Å². The van der Waals surface area contributed by atoms with Gasteiger partial charge in [-0.1, -0.05) is 50.6 Å². The van der Waals surface area contributed by atoms with Gasteiger partial charge < -0.3 is 21.8 Å². The van der Waals surface area contributed by atoms with Gasteiger partial charge in [-0.05, 0) is 29.2 Å². The molecule has 2 heterocycles. The van der Waals surface area contributed by atoms with Gasteiger partial charge in [-0.25, -0.2) is 9.40 Å². The fourth-order valence-corrected chi connectivity index (χ4v) is 4.16. The molecule has 1 aliphatic heterocycles. The van der Waals surface area contributed by atoms with Gasteiger partial charge >= 0.3 is 12.0 Å². The number of carbonyl (C=O) groups is 1. The maximum absolute atomic E-state index is 15.3. The van der Waals surface area contributed by atoms with Crippen molar-refractivity contribution in [3.8, 4) is 6.07 Å². The standard InChI is InChI=1S/C26H26ClF3N8O/c1-25(2,3)13-34-21-14(10-31)11-33-22-17(21)8-15(9-19(22)28)35-23(16-6-4-5-7-18(16)27)20-12-38(37-36-20)26(29,30)24(32)39/h4-9,11-12,23,35-37H,13H2,1-3H3,(H2,32,39)(H,33,34)/t23-/m0/s1. The van der Waals surface area contributed by atoms with Crippen LogP contribution < -0.4 is 27.3 Å². The second kappa shape index (κ2) is 10.5. The Kier molecular flexibility index (Phi) is 7.50. The average Bonchev–Trinajstić information content (AvgIpc) is 3.36. The highest BCUT2D eigenvalue weighted by Gasteiger charge is 2.45. The second-order valence-electron chi connectivity index (χ2n) is 10.1. The van der Waals surface area contributed by atoms with Crippen molar-refractivity contribution in [3.63, 3.8) is 0 Å². The highest BCUT2D eigenvalue weighted by Crippen LogP contribution is 2.36. The molecule has 39 heavy (non-hydrogen) atoms. The molecule has 0 fully saturated rings. The van der Waals surface area contributed by atoms with Crippen LogP contribution in [0.5, 0.6) is 0 Å². The number of hydrogen-bond acceptors (Lipinski definition) is 8. The van der Waals surface area contributed by atoms with Crippen molar-refractivity contribution in [2.45, 2.75) is 32.9 Å². The van der Waals surface area contributed by atoms with E-state index in [-0.39, 0.29) is 32.9 Å². The van der Waals surface area contributed by atoms with Crippen LogP contribution in [0.25, 0.3) is 10.9 Å². The first-order valence-electron chi connectivity index (χ1n) is 11.8. The van der Waals surface area contributed by atoms with Gasteiger partial charge in [-0.3, -0.25) is 9.78 Å². The number of fused-ring (bicyclic) bond motifs is 1. The zero-order valence-electron chi connectivity index (χ0n) is 21.2. The number of pyridine rings is 1. The summed E-state index contributed by atoms with van der Waals surface area (Å²) in [5, 5.41) is 16.9. The molecule has 0 saturated carbocycles. The molecule has 4 rings (SSSR count). The Morgan fingerprint density at radius 1 is 1.28 bits per heavy atom. The first-order valence-corrected chi connectivity index (χ1v) is 12.2. The summed E-state index contributed by atoms with van der Waals surface area (Å²) in [5.41, 5.74) is 11.1. The van der Waals surface area contributed by atoms with Crippen LogP contribution in [0.1, 0.15) is 37.9 Å². The predicted octanol–water partition coefficient (Wildman–Crippen LogP) is 4.75. The molecule has 0 saturated heterocycles. The van der Waals surface area contributed by atoms with Crippen molar-refractivity contribution >= 4 is 39.8 Å². The number of hydrogen-bond donors (Lipinski definition) is 5. The Labute approximate surface area is 227 Å². The monoisotopic (exact) mass is 558 g/mol. The molecule has 0 radical (unpaired) electrons. The lowest BCUT2D eigenvalue weighted by Gasteiger charge is -2.24. The topological polar surface area (TPSA) is 131 Å². The number of rotatable bonds is 8. The molecule has 0 unspecified atom stereocenters. The minimum atomic E-state index is -4.04. The molecule has 2 aromatic carbocycles. The third-order valence-corrected chi connectivity index (χ3v) is 6.21. The molecule has 1 aliphatic rings. The number of nitriles is 1. The number of primary amides is 1. The normalized spacial score (nSPS) is 14.4. The SMILES string of the molecule is CC(C)(C)CNc1c(C#N)cnc2c(F)cc(N[C@H](C3=CN(C(F)(F)C(N)=O)NN3)c3ccccc3Cl)cc12. The fraction of sp³-hybridized carbons (Fsp3) is 0.269. The molecule has 1 aromatic heterocycles. The van der Waals surface area contributed by atoms with Gasteiger partial charge in [0.1, 0.15) is 11.6 Å². The van der Waals surface area contributed by atoms with Crippen LogP contribution in [0.4, 0.5) is 24.5 Å². The predicted molar refractivity (Wildman–Crippen MR) is 143 cm³/mol. The maximum atomic E-state index is 15.3. The van der Waals surface area contributed by atoms with Gasteiger partial charge in [0.2, 0.25) is 0 Å². The fourth-order valence-electron chi connectivity index (χ4n) is 3.92. The molecule has 0 spiro atoms. The summed E-state index contributed by atoms with van der Waals surface area (Å²) in [5.74, 6) is -2.52. The van der Waals surface area contributed by atoms with Crippen LogP contribution >= 0.6 is 11.6 Å². The molecular weight excluding hydrogens is 533 g/mol. The van der Waals surface area contributed by atoms with Crippen molar-refractivity contribution < 1.29 is 18.0 Å². The minimum absolute atomic E-state index is 0.0531. The largest absolute Gasteiger partial charge is 0.418 e. The van der Waals surface area contributed by atoms with Crippen molar-refractivity contribution in [2.75, 3.05) is 17.2 Å². The first-order chi connectivity index (χ1) is 18.3. The van der Waals surface area contributed by atoms with Crippen molar-refractivity contribution in [1.82, 2.24) is 21.0 Å². The third kappa shape index (κ3) is 5.79. The number of carbonyl (C=O) groups excluding carboxylic acids is 1. The van der Waals surface area contributed by atoms with Gasteiger partial charge in [-0.2, -0.15) is 14.0 Å². The van der Waals surface area contributed by atoms with Crippen LogP contribution in [-0.2, 0) is 4.79 Å². The van der Waals surface area contributed by atoms with Crippen molar-refractivity contribution in [3.05, 3.63) is 76.5 Å². The van der Waals surface area contributed by atoms with Crippen LogP contribution in [0.3, 0.4) is 0 Å². The van der Waals surface area contributed by atoms with E-state index in [4.69, 9.17) is 17.3 Å². The van der Waals surface area contributed by atoms with Crippen LogP contribution in [0.15, 0.2) is 54.5 Å². The van der Waals surface area contributed by atoms with Crippen LogP contribution in [0.2, 0.25) is 5.02 Å².